The summed E-state index contributed by atoms with van der Waals surface area (Å²) in [6.07, 6.45) is 3.94. The molecule has 0 atom stereocenters. The fourth-order valence-electron chi connectivity index (χ4n) is 1.11. The highest BCUT2D eigenvalue weighted by Gasteiger charge is 1.98. The molecule has 62 valence electrons. The maximum atomic E-state index is 5.47. The van der Waals surface area contributed by atoms with E-state index in [9.17, 15) is 0 Å². The van der Waals surface area contributed by atoms with E-state index in [1.807, 2.05) is 28.9 Å². The van der Waals surface area contributed by atoms with Gasteiger partial charge in [0.05, 0.1) is 5.69 Å². The van der Waals surface area contributed by atoms with Crippen molar-refractivity contribution < 1.29 is 0 Å². The SMILES string of the molecule is NCc1cn2ccc(I)cc2n1. The maximum absolute atomic E-state index is 5.47. The third kappa shape index (κ3) is 1.32. The number of imidazole rings is 1. The van der Waals surface area contributed by atoms with E-state index >= 15 is 0 Å². The number of fused-ring (bicyclic) bond motifs is 1. The van der Waals surface area contributed by atoms with Crippen LogP contribution in [0.3, 0.4) is 0 Å². The molecule has 0 saturated carbocycles. The molecule has 2 aromatic rings. The van der Waals surface area contributed by atoms with Crippen LogP contribution in [0.1, 0.15) is 5.69 Å². The zero-order valence-electron chi connectivity index (χ0n) is 6.37. The Morgan fingerprint density at radius 1 is 1.58 bits per heavy atom. The van der Waals surface area contributed by atoms with Crippen molar-refractivity contribution >= 4 is 28.2 Å². The lowest BCUT2D eigenvalue weighted by Gasteiger charge is -1.91. The van der Waals surface area contributed by atoms with Crippen LogP contribution in [0.2, 0.25) is 0 Å². The molecule has 0 fully saturated rings. The standard InChI is InChI=1S/C8H8IN3/c9-6-1-2-12-5-7(4-10)11-8(12)3-6/h1-3,5H,4,10H2. The van der Waals surface area contributed by atoms with Crippen LogP contribution in [0.4, 0.5) is 0 Å². The smallest absolute Gasteiger partial charge is 0.138 e. The van der Waals surface area contributed by atoms with E-state index < -0.39 is 0 Å². The molecule has 0 saturated heterocycles. The van der Waals surface area contributed by atoms with Crippen molar-refractivity contribution in [3.8, 4) is 0 Å². The average molecular weight is 273 g/mol. The minimum absolute atomic E-state index is 0.498. The Morgan fingerprint density at radius 2 is 2.42 bits per heavy atom. The first kappa shape index (κ1) is 8.00. The van der Waals surface area contributed by atoms with Gasteiger partial charge in [0.25, 0.3) is 0 Å². The van der Waals surface area contributed by atoms with Gasteiger partial charge in [-0.05, 0) is 34.7 Å². The van der Waals surface area contributed by atoms with Gasteiger partial charge >= 0.3 is 0 Å². The van der Waals surface area contributed by atoms with E-state index in [1.165, 1.54) is 3.57 Å². The van der Waals surface area contributed by atoms with Crippen LogP contribution in [-0.4, -0.2) is 9.38 Å². The first-order chi connectivity index (χ1) is 5.79. The quantitative estimate of drug-likeness (QED) is 0.798. The van der Waals surface area contributed by atoms with Gasteiger partial charge in [-0.2, -0.15) is 0 Å². The Bertz CT molecular complexity index is 408. The molecule has 0 spiro atoms. The van der Waals surface area contributed by atoms with Gasteiger partial charge in [0.1, 0.15) is 5.65 Å². The largest absolute Gasteiger partial charge is 0.325 e. The summed E-state index contributed by atoms with van der Waals surface area (Å²) in [5.41, 5.74) is 7.36. The number of nitrogens with two attached hydrogens (primary N) is 1. The summed E-state index contributed by atoms with van der Waals surface area (Å²) >= 11 is 2.26. The topological polar surface area (TPSA) is 43.3 Å². The highest BCUT2D eigenvalue weighted by Crippen LogP contribution is 2.09. The summed E-state index contributed by atoms with van der Waals surface area (Å²) in [6.45, 7) is 0.498. The minimum Gasteiger partial charge on any atom is -0.325 e. The maximum Gasteiger partial charge on any atom is 0.138 e. The van der Waals surface area contributed by atoms with Crippen molar-refractivity contribution in [1.29, 1.82) is 0 Å². The molecular weight excluding hydrogens is 265 g/mol. The molecule has 0 radical (unpaired) electrons. The molecule has 2 rings (SSSR count). The first-order valence-electron chi connectivity index (χ1n) is 3.63. The molecule has 0 bridgehead atoms. The van der Waals surface area contributed by atoms with E-state index in [0.29, 0.717) is 6.54 Å². The van der Waals surface area contributed by atoms with E-state index in [0.717, 1.165) is 11.3 Å². The van der Waals surface area contributed by atoms with Crippen molar-refractivity contribution in [2.45, 2.75) is 6.54 Å². The second-order valence-corrected chi connectivity index (χ2v) is 3.79. The molecule has 0 aliphatic carbocycles. The summed E-state index contributed by atoms with van der Waals surface area (Å²) in [5, 5.41) is 0. The Hall–Kier alpha value is -0.620. The van der Waals surface area contributed by atoms with Crippen LogP contribution in [0.15, 0.2) is 24.5 Å². The Kier molecular flexibility index (Phi) is 2.02. The third-order valence-electron chi connectivity index (χ3n) is 1.68. The van der Waals surface area contributed by atoms with E-state index in [1.54, 1.807) is 0 Å². The van der Waals surface area contributed by atoms with Crippen LogP contribution in [0.5, 0.6) is 0 Å². The predicted octanol–water partition coefficient (Wildman–Crippen LogP) is 1.40. The molecule has 0 aliphatic rings. The second-order valence-electron chi connectivity index (χ2n) is 2.55. The van der Waals surface area contributed by atoms with Crippen molar-refractivity contribution in [2.75, 3.05) is 0 Å². The molecule has 0 unspecified atom stereocenters. The number of halogens is 1. The zero-order chi connectivity index (χ0) is 8.55. The second kappa shape index (κ2) is 3.02. The number of hydrogen-bond acceptors (Lipinski definition) is 2. The van der Waals surface area contributed by atoms with Gasteiger partial charge < -0.3 is 10.1 Å². The number of aromatic nitrogens is 2. The summed E-state index contributed by atoms with van der Waals surface area (Å²) in [7, 11) is 0. The van der Waals surface area contributed by atoms with E-state index in [-0.39, 0.29) is 0 Å². The lowest BCUT2D eigenvalue weighted by atomic mass is 10.5. The van der Waals surface area contributed by atoms with E-state index in [4.69, 9.17) is 5.73 Å². The number of pyridine rings is 1. The molecule has 3 nitrogen and oxygen atoms in total. The van der Waals surface area contributed by atoms with E-state index in [2.05, 4.69) is 27.6 Å². The van der Waals surface area contributed by atoms with Crippen LogP contribution >= 0.6 is 22.6 Å². The molecule has 0 aromatic carbocycles. The van der Waals surface area contributed by atoms with Crippen LogP contribution in [0.25, 0.3) is 5.65 Å². The highest BCUT2D eigenvalue weighted by atomic mass is 127. The molecule has 2 aromatic heterocycles. The summed E-state index contributed by atoms with van der Waals surface area (Å²) < 4.78 is 3.17. The van der Waals surface area contributed by atoms with Crippen molar-refractivity contribution in [3.63, 3.8) is 0 Å². The van der Waals surface area contributed by atoms with Gasteiger partial charge in [0.15, 0.2) is 0 Å². The first-order valence-corrected chi connectivity index (χ1v) is 4.70. The molecular formula is C8H8IN3. The van der Waals surface area contributed by atoms with Gasteiger partial charge in [-0.15, -0.1) is 0 Å². The van der Waals surface area contributed by atoms with Crippen molar-refractivity contribution in [3.05, 3.63) is 33.8 Å². The van der Waals surface area contributed by atoms with Gasteiger partial charge in [-0.1, -0.05) is 0 Å². The molecule has 4 heteroatoms. The summed E-state index contributed by atoms with van der Waals surface area (Å²) in [4.78, 5) is 4.33. The normalized spacial score (nSPS) is 10.8. The molecule has 2 heterocycles. The summed E-state index contributed by atoms with van der Waals surface area (Å²) in [5.74, 6) is 0. The molecule has 0 aliphatic heterocycles. The van der Waals surface area contributed by atoms with Crippen molar-refractivity contribution in [1.82, 2.24) is 9.38 Å². The molecule has 2 N–H and O–H groups in total. The Morgan fingerprint density at radius 3 is 3.17 bits per heavy atom. The average Bonchev–Trinajstić information content (AvgIpc) is 2.46. The number of nitrogens with zero attached hydrogens (tertiary/aromatic N) is 2. The zero-order valence-corrected chi connectivity index (χ0v) is 8.52. The third-order valence-corrected chi connectivity index (χ3v) is 2.35. The Labute approximate surface area is 83.7 Å². The van der Waals surface area contributed by atoms with Crippen LogP contribution in [0, 0.1) is 3.57 Å². The van der Waals surface area contributed by atoms with Gasteiger partial charge in [0.2, 0.25) is 0 Å². The van der Waals surface area contributed by atoms with Crippen LogP contribution < -0.4 is 5.73 Å². The van der Waals surface area contributed by atoms with Gasteiger partial charge in [0, 0.05) is 22.5 Å². The fraction of sp³-hybridized carbons (Fsp3) is 0.125. The molecule has 0 amide bonds. The van der Waals surface area contributed by atoms with Crippen LogP contribution in [-0.2, 0) is 6.54 Å². The predicted molar refractivity (Wildman–Crippen MR) is 55.8 cm³/mol. The lowest BCUT2D eigenvalue weighted by molar-refractivity contribution is 1.02. The lowest BCUT2D eigenvalue weighted by Crippen LogP contribution is -1.95. The fourth-order valence-corrected chi connectivity index (χ4v) is 1.55. The highest BCUT2D eigenvalue weighted by molar-refractivity contribution is 14.1. The minimum atomic E-state index is 0.498. The monoisotopic (exact) mass is 273 g/mol. The van der Waals surface area contributed by atoms with Gasteiger partial charge in [-0.25, -0.2) is 4.98 Å². The van der Waals surface area contributed by atoms with Crippen molar-refractivity contribution in [2.24, 2.45) is 5.73 Å². The number of hydrogen-bond donors (Lipinski definition) is 1. The Balaban J connectivity index is 2.67. The summed E-state index contributed by atoms with van der Waals surface area (Å²) in [6, 6.07) is 4.06. The molecule has 12 heavy (non-hydrogen) atoms. The number of rotatable bonds is 1. The van der Waals surface area contributed by atoms with Gasteiger partial charge in [-0.3, -0.25) is 0 Å².